The van der Waals surface area contributed by atoms with E-state index in [1.807, 2.05) is 0 Å². The molecular weight excluding hydrogens is 270 g/mol. The summed E-state index contributed by atoms with van der Waals surface area (Å²) in [5, 5.41) is 14.3. The number of hydrogen-bond acceptors (Lipinski definition) is 4. The van der Waals surface area contributed by atoms with E-state index < -0.39 is 4.92 Å². The van der Waals surface area contributed by atoms with Crippen LogP contribution in [-0.4, -0.2) is 36.4 Å². The lowest BCUT2D eigenvalue weighted by molar-refractivity contribution is -0.384. The molecule has 0 bridgehead atoms. The van der Waals surface area contributed by atoms with Crippen LogP contribution in [0.4, 0.5) is 11.4 Å². The Morgan fingerprint density at radius 2 is 2.14 bits per heavy atom. The fraction of sp³-hybridized carbons (Fsp3) is 0.533. The predicted octanol–water partition coefficient (Wildman–Crippen LogP) is 2.75. The van der Waals surface area contributed by atoms with Gasteiger partial charge in [0.1, 0.15) is 5.69 Å². The topological polar surface area (TPSA) is 75.5 Å². The number of nitro benzene ring substituents is 1. The van der Waals surface area contributed by atoms with Crippen LogP contribution in [0.15, 0.2) is 18.2 Å². The van der Waals surface area contributed by atoms with Crippen molar-refractivity contribution >= 4 is 17.3 Å². The summed E-state index contributed by atoms with van der Waals surface area (Å²) in [6.07, 6.45) is 2.50. The summed E-state index contributed by atoms with van der Waals surface area (Å²) in [5.41, 5.74) is 0.751. The van der Waals surface area contributed by atoms with Crippen molar-refractivity contribution in [3.63, 3.8) is 0 Å². The Bertz CT molecular complexity index is 553. The van der Waals surface area contributed by atoms with Gasteiger partial charge < -0.3 is 10.2 Å². The third-order valence-corrected chi connectivity index (χ3v) is 3.89. The van der Waals surface area contributed by atoms with Gasteiger partial charge in [-0.25, -0.2) is 0 Å². The number of anilines is 1. The molecule has 0 saturated heterocycles. The number of carbonyl (C=O) groups excluding carboxylic acids is 1. The molecule has 6 nitrogen and oxygen atoms in total. The first kappa shape index (κ1) is 15.3. The van der Waals surface area contributed by atoms with Crippen LogP contribution >= 0.6 is 0 Å². The van der Waals surface area contributed by atoms with Gasteiger partial charge in [0.05, 0.1) is 4.92 Å². The molecule has 0 aliphatic heterocycles. The fourth-order valence-corrected chi connectivity index (χ4v) is 2.33. The zero-order valence-corrected chi connectivity index (χ0v) is 12.6. The number of hydrogen-bond donors (Lipinski definition) is 1. The maximum atomic E-state index is 11.9. The second-order valence-electron chi connectivity index (χ2n) is 5.88. The second kappa shape index (κ2) is 6.11. The Kier molecular flexibility index (Phi) is 4.45. The molecule has 1 aliphatic carbocycles. The van der Waals surface area contributed by atoms with Gasteiger partial charge in [-0.1, -0.05) is 6.92 Å². The molecule has 2 rings (SSSR count). The van der Waals surface area contributed by atoms with E-state index in [1.54, 1.807) is 26.2 Å². The van der Waals surface area contributed by atoms with Gasteiger partial charge in [0.15, 0.2) is 0 Å². The number of rotatable bonds is 6. The Morgan fingerprint density at radius 1 is 1.48 bits per heavy atom. The van der Waals surface area contributed by atoms with Gasteiger partial charge in [-0.2, -0.15) is 0 Å². The van der Waals surface area contributed by atoms with Crippen molar-refractivity contribution in [1.82, 2.24) is 4.90 Å². The molecule has 1 aromatic carbocycles. The quantitative estimate of drug-likeness (QED) is 0.646. The summed E-state index contributed by atoms with van der Waals surface area (Å²) in [6.45, 7) is 2.87. The van der Waals surface area contributed by atoms with Gasteiger partial charge in [-0.15, -0.1) is 0 Å². The normalized spacial score (nSPS) is 15.4. The molecule has 1 atom stereocenters. The van der Waals surface area contributed by atoms with Crippen LogP contribution in [0.2, 0.25) is 0 Å². The predicted molar refractivity (Wildman–Crippen MR) is 81.5 cm³/mol. The Balaban J connectivity index is 2.16. The number of nitro groups is 1. The number of carbonyl (C=O) groups is 1. The first-order chi connectivity index (χ1) is 9.90. The molecule has 1 unspecified atom stereocenters. The molecule has 1 N–H and O–H groups in total. The summed E-state index contributed by atoms with van der Waals surface area (Å²) in [7, 11) is 3.25. The number of amides is 1. The van der Waals surface area contributed by atoms with E-state index in [2.05, 4.69) is 12.2 Å². The lowest BCUT2D eigenvalue weighted by atomic mass is 10.1. The average Bonchev–Trinajstić information content (AvgIpc) is 3.28. The van der Waals surface area contributed by atoms with Crippen molar-refractivity contribution in [1.29, 1.82) is 0 Å². The number of nitrogens with one attached hydrogen (secondary N) is 1. The molecule has 114 valence electrons. The highest BCUT2D eigenvalue weighted by atomic mass is 16.6. The highest BCUT2D eigenvalue weighted by Gasteiger charge is 2.28. The van der Waals surface area contributed by atoms with Gasteiger partial charge in [0.2, 0.25) is 0 Å². The van der Waals surface area contributed by atoms with Crippen molar-refractivity contribution in [2.24, 2.45) is 11.8 Å². The smallest absolute Gasteiger partial charge is 0.293 e. The molecule has 0 heterocycles. The molecule has 1 aliphatic rings. The maximum Gasteiger partial charge on any atom is 0.293 e. The van der Waals surface area contributed by atoms with Gasteiger partial charge in [-0.3, -0.25) is 14.9 Å². The Labute approximate surface area is 124 Å². The van der Waals surface area contributed by atoms with Gasteiger partial charge in [0.25, 0.3) is 11.6 Å². The van der Waals surface area contributed by atoms with Gasteiger partial charge >= 0.3 is 0 Å². The molecule has 1 amide bonds. The van der Waals surface area contributed by atoms with E-state index in [-0.39, 0.29) is 11.6 Å². The minimum atomic E-state index is -0.448. The van der Waals surface area contributed by atoms with E-state index >= 15 is 0 Å². The van der Waals surface area contributed by atoms with Crippen LogP contribution in [0.3, 0.4) is 0 Å². The third kappa shape index (κ3) is 3.71. The van der Waals surface area contributed by atoms with E-state index in [0.717, 1.165) is 5.92 Å². The number of benzene rings is 1. The number of nitrogens with zero attached hydrogens (tertiary/aromatic N) is 2. The molecule has 0 aromatic heterocycles. The van der Waals surface area contributed by atoms with E-state index in [1.165, 1.54) is 23.8 Å². The summed E-state index contributed by atoms with van der Waals surface area (Å²) in [5.74, 6) is 1.01. The Hall–Kier alpha value is -2.11. The van der Waals surface area contributed by atoms with E-state index in [0.29, 0.717) is 23.7 Å². The van der Waals surface area contributed by atoms with Crippen molar-refractivity contribution in [3.05, 3.63) is 33.9 Å². The monoisotopic (exact) mass is 291 g/mol. The lowest BCUT2D eigenvalue weighted by Crippen LogP contribution is -2.22. The van der Waals surface area contributed by atoms with Crippen molar-refractivity contribution in [2.75, 3.05) is 26.0 Å². The zero-order chi connectivity index (χ0) is 15.6. The van der Waals surface area contributed by atoms with Crippen molar-refractivity contribution in [3.8, 4) is 0 Å². The zero-order valence-electron chi connectivity index (χ0n) is 12.6. The molecule has 0 spiro atoms. The highest BCUT2D eigenvalue weighted by Crippen LogP contribution is 2.37. The average molecular weight is 291 g/mol. The molecule has 1 fully saturated rings. The summed E-state index contributed by atoms with van der Waals surface area (Å²) in [6, 6.07) is 4.58. The van der Waals surface area contributed by atoms with E-state index in [9.17, 15) is 14.9 Å². The minimum Gasteiger partial charge on any atom is -0.379 e. The van der Waals surface area contributed by atoms with Crippen LogP contribution in [0.5, 0.6) is 0 Å². The van der Waals surface area contributed by atoms with Crippen LogP contribution in [0.25, 0.3) is 0 Å². The summed E-state index contributed by atoms with van der Waals surface area (Å²) < 4.78 is 0. The SMILES string of the molecule is CC(CNc1ccc(C(=O)N(C)C)cc1[N+](=O)[O-])C1CC1. The fourth-order valence-electron chi connectivity index (χ4n) is 2.33. The molecule has 1 aromatic rings. The van der Waals surface area contributed by atoms with E-state index in [4.69, 9.17) is 0 Å². The highest BCUT2D eigenvalue weighted by molar-refractivity contribution is 5.95. The Morgan fingerprint density at radius 3 is 2.67 bits per heavy atom. The summed E-state index contributed by atoms with van der Waals surface area (Å²) in [4.78, 5) is 24.0. The van der Waals surface area contributed by atoms with Crippen molar-refractivity contribution < 1.29 is 9.72 Å². The minimum absolute atomic E-state index is 0.0503. The maximum absolute atomic E-state index is 11.9. The standard InChI is InChI=1S/C15H21N3O3/c1-10(11-4-5-11)9-16-13-7-6-12(15(19)17(2)3)8-14(13)18(20)21/h6-8,10-11,16H,4-5,9H2,1-3H3. The summed E-state index contributed by atoms with van der Waals surface area (Å²) >= 11 is 0. The third-order valence-electron chi connectivity index (χ3n) is 3.89. The molecular formula is C15H21N3O3. The first-order valence-electron chi connectivity index (χ1n) is 7.14. The molecule has 1 saturated carbocycles. The van der Waals surface area contributed by atoms with Gasteiger partial charge in [-0.05, 0) is 36.8 Å². The molecule has 0 radical (unpaired) electrons. The first-order valence-corrected chi connectivity index (χ1v) is 7.14. The van der Waals surface area contributed by atoms with Crippen molar-refractivity contribution in [2.45, 2.75) is 19.8 Å². The lowest BCUT2D eigenvalue weighted by Gasteiger charge is -2.14. The largest absolute Gasteiger partial charge is 0.379 e. The van der Waals surface area contributed by atoms with Crippen LogP contribution in [0.1, 0.15) is 30.1 Å². The van der Waals surface area contributed by atoms with Gasteiger partial charge in [0, 0.05) is 32.3 Å². The molecule has 21 heavy (non-hydrogen) atoms. The second-order valence-corrected chi connectivity index (χ2v) is 5.88. The van der Waals surface area contributed by atoms with Crippen LogP contribution in [0, 0.1) is 22.0 Å². The van der Waals surface area contributed by atoms with Crippen LogP contribution < -0.4 is 5.32 Å². The van der Waals surface area contributed by atoms with Crippen LogP contribution in [-0.2, 0) is 0 Å². The molecule has 6 heteroatoms.